The van der Waals surface area contributed by atoms with Crippen LogP contribution in [-0.2, 0) is 10.0 Å². The molecule has 1 aliphatic rings. The van der Waals surface area contributed by atoms with E-state index in [1.165, 1.54) is 16.4 Å². The molecule has 1 saturated heterocycles. The largest absolute Gasteiger partial charge is 0.398 e. The summed E-state index contributed by atoms with van der Waals surface area (Å²) in [6, 6.07) is 4.54. The molecule has 0 bridgehead atoms. The molecule has 1 fully saturated rings. The zero-order valence-corrected chi connectivity index (χ0v) is 12.0. The van der Waals surface area contributed by atoms with Gasteiger partial charge in [-0.1, -0.05) is 18.5 Å². The van der Waals surface area contributed by atoms with E-state index in [0.29, 0.717) is 17.5 Å². The number of nitrogens with two attached hydrogens (primary N) is 1. The lowest BCUT2D eigenvalue weighted by Gasteiger charge is -2.22. The summed E-state index contributed by atoms with van der Waals surface area (Å²) in [6.07, 6.45) is 0.875. The lowest BCUT2D eigenvalue weighted by Crippen LogP contribution is -2.34. The topological polar surface area (TPSA) is 63.4 Å². The summed E-state index contributed by atoms with van der Waals surface area (Å²) in [5, 5.41) is 0.377. The predicted octanol–water partition coefficient (Wildman–Crippen LogP) is 2.34. The molecule has 100 valence electrons. The fourth-order valence-electron chi connectivity index (χ4n) is 2.45. The monoisotopic (exact) mass is 288 g/mol. The summed E-state index contributed by atoms with van der Waals surface area (Å²) in [7, 11) is -3.55. The number of rotatable bonds is 2. The fraction of sp³-hybridized carbons (Fsp3) is 0.500. The van der Waals surface area contributed by atoms with E-state index in [0.717, 1.165) is 6.42 Å². The minimum Gasteiger partial charge on any atom is -0.398 e. The van der Waals surface area contributed by atoms with E-state index in [2.05, 4.69) is 0 Å². The molecular weight excluding hydrogens is 272 g/mol. The Morgan fingerprint density at radius 1 is 1.39 bits per heavy atom. The van der Waals surface area contributed by atoms with E-state index in [-0.39, 0.29) is 16.6 Å². The van der Waals surface area contributed by atoms with Gasteiger partial charge in [0.25, 0.3) is 0 Å². The van der Waals surface area contributed by atoms with Crippen LogP contribution in [0, 0.1) is 5.92 Å². The third kappa shape index (κ3) is 2.35. The minimum atomic E-state index is -3.55. The van der Waals surface area contributed by atoms with Crippen molar-refractivity contribution >= 4 is 27.3 Å². The van der Waals surface area contributed by atoms with Gasteiger partial charge in [0.2, 0.25) is 10.0 Å². The molecule has 1 aromatic carbocycles. The Kier molecular flexibility index (Phi) is 3.58. The van der Waals surface area contributed by atoms with E-state index in [1.54, 1.807) is 6.07 Å². The third-order valence-electron chi connectivity index (χ3n) is 3.29. The van der Waals surface area contributed by atoms with Crippen LogP contribution in [0.3, 0.4) is 0 Å². The van der Waals surface area contributed by atoms with Crippen molar-refractivity contribution < 1.29 is 8.42 Å². The molecule has 1 aromatic rings. The maximum absolute atomic E-state index is 12.6. The molecule has 0 aliphatic carbocycles. The van der Waals surface area contributed by atoms with E-state index >= 15 is 0 Å². The summed E-state index contributed by atoms with van der Waals surface area (Å²) in [5.41, 5.74) is 6.00. The number of anilines is 1. The van der Waals surface area contributed by atoms with Crippen LogP contribution >= 0.6 is 11.6 Å². The zero-order valence-electron chi connectivity index (χ0n) is 10.4. The number of nitrogens with zero attached hydrogens (tertiary/aromatic N) is 1. The second-order valence-corrected chi connectivity index (χ2v) is 7.24. The highest BCUT2D eigenvalue weighted by molar-refractivity contribution is 7.89. The van der Waals surface area contributed by atoms with Gasteiger partial charge in [0.05, 0.1) is 5.69 Å². The molecule has 2 unspecified atom stereocenters. The predicted molar refractivity (Wildman–Crippen MR) is 73.0 cm³/mol. The Balaban J connectivity index is 2.45. The van der Waals surface area contributed by atoms with Crippen molar-refractivity contribution in [1.29, 1.82) is 0 Å². The Bertz CT molecular complexity index is 559. The van der Waals surface area contributed by atoms with Gasteiger partial charge in [0.1, 0.15) is 4.90 Å². The van der Waals surface area contributed by atoms with Crippen molar-refractivity contribution in [2.24, 2.45) is 5.92 Å². The number of hydrogen-bond acceptors (Lipinski definition) is 3. The number of benzene rings is 1. The Labute approximate surface area is 113 Å². The van der Waals surface area contributed by atoms with Crippen molar-refractivity contribution in [2.45, 2.75) is 31.2 Å². The molecule has 1 heterocycles. The molecule has 0 spiro atoms. The van der Waals surface area contributed by atoms with Gasteiger partial charge in [-0.2, -0.15) is 4.31 Å². The SMILES string of the molecule is CC1CC(C)N(S(=O)(=O)c2cc(Cl)ccc2N)C1. The van der Waals surface area contributed by atoms with Crippen molar-refractivity contribution in [3.05, 3.63) is 23.2 Å². The highest BCUT2D eigenvalue weighted by atomic mass is 35.5. The lowest BCUT2D eigenvalue weighted by atomic mass is 10.1. The molecule has 0 amide bonds. The van der Waals surface area contributed by atoms with Gasteiger partial charge in [-0.05, 0) is 37.5 Å². The second kappa shape index (κ2) is 4.72. The van der Waals surface area contributed by atoms with Crippen molar-refractivity contribution in [1.82, 2.24) is 4.31 Å². The summed E-state index contributed by atoms with van der Waals surface area (Å²) in [5.74, 6) is 0.371. The first kappa shape index (κ1) is 13.6. The summed E-state index contributed by atoms with van der Waals surface area (Å²) in [6.45, 7) is 4.50. The van der Waals surface area contributed by atoms with Gasteiger partial charge in [0, 0.05) is 17.6 Å². The molecule has 0 aromatic heterocycles. The number of halogens is 1. The Morgan fingerprint density at radius 3 is 2.61 bits per heavy atom. The highest BCUT2D eigenvalue weighted by Crippen LogP contribution is 2.32. The molecule has 4 nitrogen and oxygen atoms in total. The molecule has 2 N–H and O–H groups in total. The lowest BCUT2D eigenvalue weighted by molar-refractivity contribution is 0.406. The van der Waals surface area contributed by atoms with E-state index in [9.17, 15) is 8.42 Å². The average Bonchev–Trinajstić information content (AvgIpc) is 2.62. The minimum absolute atomic E-state index is 0.00313. The molecular formula is C12H17ClN2O2S. The number of hydrogen-bond donors (Lipinski definition) is 1. The maximum atomic E-state index is 12.6. The van der Waals surface area contributed by atoms with Crippen LogP contribution in [0.15, 0.2) is 23.1 Å². The smallest absolute Gasteiger partial charge is 0.245 e. The van der Waals surface area contributed by atoms with Gasteiger partial charge in [0.15, 0.2) is 0 Å². The number of nitrogen functional groups attached to an aromatic ring is 1. The normalized spacial score (nSPS) is 25.5. The van der Waals surface area contributed by atoms with Crippen LogP contribution in [0.25, 0.3) is 0 Å². The number of sulfonamides is 1. The van der Waals surface area contributed by atoms with Crippen LogP contribution in [0.4, 0.5) is 5.69 Å². The summed E-state index contributed by atoms with van der Waals surface area (Å²) < 4.78 is 26.6. The Morgan fingerprint density at radius 2 is 2.06 bits per heavy atom. The van der Waals surface area contributed by atoms with Crippen LogP contribution < -0.4 is 5.73 Å². The van der Waals surface area contributed by atoms with E-state index in [4.69, 9.17) is 17.3 Å². The quantitative estimate of drug-likeness (QED) is 0.850. The first-order chi connectivity index (χ1) is 8.32. The highest BCUT2D eigenvalue weighted by Gasteiger charge is 2.36. The molecule has 1 aliphatic heterocycles. The first-order valence-electron chi connectivity index (χ1n) is 5.89. The maximum Gasteiger partial charge on any atom is 0.245 e. The van der Waals surface area contributed by atoms with Crippen LogP contribution in [-0.4, -0.2) is 25.3 Å². The first-order valence-corrected chi connectivity index (χ1v) is 7.71. The zero-order chi connectivity index (χ0) is 13.5. The third-order valence-corrected chi connectivity index (χ3v) is 5.56. The molecule has 6 heteroatoms. The molecule has 2 atom stereocenters. The van der Waals surface area contributed by atoms with Gasteiger partial charge in [-0.3, -0.25) is 0 Å². The van der Waals surface area contributed by atoms with E-state index in [1.807, 2.05) is 13.8 Å². The van der Waals surface area contributed by atoms with Gasteiger partial charge in [-0.15, -0.1) is 0 Å². The van der Waals surface area contributed by atoms with Gasteiger partial charge < -0.3 is 5.73 Å². The molecule has 0 saturated carbocycles. The van der Waals surface area contributed by atoms with Crippen molar-refractivity contribution in [2.75, 3.05) is 12.3 Å². The van der Waals surface area contributed by atoms with Crippen molar-refractivity contribution in [3.8, 4) is 0 Å². The standard InChI is InChI=1S/C12H17ClN2O2S/c1-8-5-9(2)15(7-8)18(16,17)12-6-10(13)3-4-11(12)14/h3-4,6,8-9H,5,7,14H2,1-2H3. The van der Waals surface area contributed by atoms with Crippen LogP contribution in [0.5, 0.6) is 0 Å². The fourth-order valence-corrected chi connectivity index (χ4v) is 4.60. The Hall–Kier alpha value is -0.780. The van der Waals surface area contributed by atoms with Crippen molar-refractivity contribution in [3.63, 3.8) is 0 Å². The van der Waals surface area contributed by atoms with Gasteiger partial charge in [-0.25, -0.2) is 8.42 Å². The summed E-state index contributed by atoms with van der Waals surface area (Å²) >= 11 is 5.86. The van der Waals surface area contributed by atoms with E-state index < -0.39 is 10.0 Å². The molecule has 0 radical (unpaired) electrons. The average molecular weight is 289 g/mol. The van der Waals surface area contributed by atoms with Gasteiger partial charge >= 0.3 is 0 Å². The van der Waals surface area contributed by atoms with Crippen LogP contribution in [0.2, 0.25) is 5.02 Å². The summed E-state index contributed by atoms with van der Waals surface area (Å²) in [4.78, 5) is 0.107. The second-order valence-electron chi connectivity index (χ2n) is 4.95. The molecule has 18 heavy (non-hydrogen) atoms. The van der Waals surface area contributed by atoms with Crippen LogP contribution in [0.1, 0.15) is 20.3 Å². The molecule has 2 rings (SSSR count).